The molecule has 0 bridgehead atoms. The molecule has 1 spiro atoms. The summed E-state index contributed by atoms with van der Waals surface area (Å²) in [7, 11) is -4.67. The molecule has 5 aliphatic heterocycles. The second kappa shape index (κ2) is 17.0. The number of piperidine rings is 1. The third-order valence-electron chi connectivity index (χ3n) is 14.7. The summed E-state index contributed by atoms with van der Waals surface area (Å²) in [5.41, 5.74) is 5.49. The van der Waals surface area contributed by atoms with Crippen molar-refractivity contribution in [1.82, 2.24) is 19.6 Å². The highest BCUT2D eigenvalue weighted by Crippen LogP contribution is 2.54. The number of hydrogen-bond donors (Lipinski definition) is 3. The molecule has 4 fully saturated rings. The number of nitrogens with zero attached hydrogens (tertiary/aromatic N) is 5. The summed E-state index contributed by atoms with van der Waals surface area (Å²) in [6.45, 7) is 7.11. The van der Waals surface area contributed by atoms with Crippen LogP contribution in [0.15, 0.2) is 77.8 Å². The number of H-pyrrole nitrogens is 1. The van der Waals surface area contributed by atoms with Crippen molar-refractivity contribution >= 4 is 55.4 Å². The van der Waals surface area contributed by atoms with Gasteiger partial charge in [-0.15, -0.1) is 0 Å². The van der Waals surface area contributed by atoms with E-state index >= 15 is 0 Å². The van der Waals surface area contributed by atoms with Gasteiger partial charge in [-0.2, -0.15) is 4.98 Å². The Morgan fingerprint density at radius 2 is 1.79 bits per heavy atom. The summed E-state index contributed by atoms with van der Waals surface area (Å²) >= 11 is 0. The Balaban J connectivity index is 0.863. The van der Waals surface area contributed by atoms with Gasteiger partial charge in [0.25, 0.3) is 21.6 Å². The van der Waals surface area contributed by atoms with Gasteiger partial charge in [0.1, 0.15) is 24.0 Å². The van der Waals surface area contributed by atoms with Crippen LogP contribution in [0, 0.1) is 22.5 Å². The van der Waals surface area contributed by atoms with Gasteiger partial charge in [0, 0.05) is 61.1 Å². The van der Waals surface area contributed by atoms with Crippen molar-refractivity contribution in [3.05, 3.63) is 99.7 Å². The maximum Gasteiger partial charge on any atom is 0.297 e. The molecule has 3 saturated heterocycles. The minimum atomic E-state index is -4.67. The fourth-order valence-electron chi connectivity index (χ4n) is 11.2. The number of hydrogen-bond acceptors (Lipinski definition) is 14. The second-order valence-electron chi connectivity index (χ2n) is 18.6. The van der Waals surface area contributed by atoms with E-state index in [-0.39, 0.29) is 30.2 Å². The molecule has 66 heavy (non-hydrogen) atoms. The third kappa shape index (κ3) is 7.86. The van der Waals surface area contributed by atoms with E-state index < -0.39 is 43.6 Å². The number of carbonyl (C=O) groups excluding carboxylic acids is 1. The Kier molecular flexibility index (Phi) is 11.0. The van der Waals surface area contributed by atoms with E-state index in [4.69, 9.17) is 23.9 Å². The summed E-state index contributed by atoms with van der Waals surface area (Å²) in [4.78, 5) is 40.8. The standard InChI is InChI=1S/C48H54N8O9S/c1-30-6-2-3-7-35(30)38-8-4-15-54(38)33-26-48(27-33)12-17-53(18-13-48)32-9-10-36(39(23-32)55-16-5-19-64-47-41(55)22-31-11-14-49-45(31)51-47)46(57)52-66(60,61)34-24-40(56(58)59)44-42(25-34)65-28-37(50-44)43-29-62-20-21-63-43/h2-3,6-7,9-11,14,22-25,33,37-38,43,50H,4-5,8,12-13,15-21,26-29H2,1H3,(H,49,51)(H,52,57)/t37-,38-,43+/m0/s1. The summed E-state index contributed by atoms with van der Waals surface area (Å²) in [6, 6.07) is 21.0. The second-order valence-corrected chi connectivity index (χ2v) is 20.3. The maximum absolute atomic E-state index is 14.5. The summed E-state index contributed by atoms with van der Waals surface area (Å²) in [6.07, 6.45) is 8.97. The number of aryl methyl sites for hydroxylation is 1. The van der Waals surface area contributed by atoms with Crippen molar-refractivity contribution in [3.8, 4) is 11.6 Å². The Bertz CT molecular complexity index is 2800. The molecular weight excluding hydrogens is 865 g/mol. The van der Waals surface area contributed by atoms with E-state index in [0.29, 0.717) is 73.2 Å². The lowest BCUT2D eigenvalue weighted by Gasteiger charge is -2.56. The van der Waals surface area contributed by atoms with E-state index in [1.165, 1.54) is 42.9 Å². The molecule has 1 saturated carbocycles. The molecule has 11 rings (SSSR count). The van der Waals surface area contributed by atoms with Gasteiger partial charge < -0.3 is 39.0 Å². The highest BCUT2D eigenvalue weighted by atomic mass is 32.2. The number of ether oxygens (including phenoxy) is 4. The monoisotopic (exact) mass is 918 g/mol. The molecule has 346 valence electrons. The van der Waals surface area contributed by atoms with Crippen molar-refractivity contribution < 1.29 is 37.1 Å². The average Bonchev–Trinajstić information content (AvgIpc) is 3.95. The maximum atomic E-state index is 14.5. The molecule has 7 heterocycles. The van der Waals surface area contributed by atoms with Gasteiger partial charge >= 0.3 is 0 Å². The lowest BCUT2D eigenvalue weighted by atomic mass is 9.59. The number of likely N-dealkylation sites (tertiary alicyclic amines) is 1. The quantitative estimate of drug-likeness (QED) is 0.101. The molecule has 3 aromatic carbocycles. The van der Waals surface area contributed by atoms with E-state index in [1.54, 1.807) is 12.3 Å². The van der Waals surface area contributed by atoms with Gasteiger partial charge in [-0.25, -0.2) is 13.1 Å². The number of aromatic amines is 1. The normalized spacial score (nSPS) is 23.2. The van der Waals surface area contributed by atoms with Gasteiger partial charge in [0.05, 0.1) is 53.5 Å². The van der Waals surface area contributed by atoms with Crippen LogP contribution in [0.4, 0.5) is 28.4 Å². The van der Waals surface area contributed by atoms with Crippen LogP contribution in [0.3, 0.4) is 0 Å². The van der Waals surface area contributed by atoms with Crippen LogP contribution in [0.5, 0.6) is 11.6 Å². The Morgan fingerprint density at radius 3 is 2.59 bits per heavy atom. The minimum absolute atomic E-state index is 0.0250. The molecule has 18 heteroatoms. The molecule has 1 amide bonds. The number of fused-ring (bicyclic) bond motifs is 3. The number of nitro benzene ring substituents is 1. The van der Waals surface area contributed by atoms with Crippen molar-refractivity contribution in [1.29, 1.82) is 0 Å². The van der Waals surface area contributed by atoms with Crippen molar-refractivity contribution in [2.75, 3.05) is 74.3 Å². The fraction of sp³-hybridized carbons (Fsp3) is 0.458. The number of carbonyl (C=O) groups is 1. The number of nitro groups is 1. The summed E-state index contributed by atoms with van der Waals surface area (Å²) in [5, 5.41) is 16.4. The number of pyridine rings is 1. The van der Waals surface area contributed by atoms with Crippen LogP contribution in [-0.2, 0) is 19.5 Å². The SMILES string of the molecule is Cc1ccccc1[C@@H]1CCCN1C1CC2(CCN(c3ccc(C(=O)NS(=O)(=O)c4cc5c(c([N+](=O)[O-])c4)N[C@H]([C@H]4COCCO4)CO5)c(N4CCCOc5nc6[nH]ccc6cc54)c3)CC2)C1. The molecule has 5 aromatic rings. The third-order valence-corrected chi connectivity index (χ3v) is 16.0. The van der Waals surface area contributed by atoms with Crippen LogP contribution in [0.2, 0.25) is 0 Å². The van der Waals surface area contributed by atoms with Crippen molar-refractivity contribution in [2.24, 2.45) is 5.41 Å². The molecule has 17 nitrogen and oxygen atoms in total. The number of benzene rings is 3. The number of amides is 1. The number of sulfonamides is 1. The van der Waals surface area contributed by atoms with Gasteiger partial charge in [0.15, 0.2) is 11.4 Å². The predicted octanol–water partition coefficient (Wildman–Crippen LogP) is 6.99. The van der Waals surface area contributed by atoms with Gasteiger partial charge in [-0.3, -0.25) is 19.8 Å². The van der Waals surface area contributed by atoms with Crippen LogP contribution < -0.4 is 29.3 Å². The predicted molar refractivity (Wildman–Crippen MR) is 248 cm³/mol. The fourth-order valence-corrected chi connectivity index (χ4v) is 12.2. The van der Waals surface area contributed by atoms with Crippen LogP contribution >= 0.6 is 0 Å². The smallest absolute Gasteiger partial charge is 0.297 e. The van der Waals surface area contributed by atoms with Crippen LogP contribution in [-0.4, -0.2) is 112 Å². The van der Waals surface area contributed by atoms with Gasteiger partial charge in [-0.05, 0) is 105 Å². The van der Waals surface area contributed by atoms with E-state index in [1.807, 2.05) is 29.2 Å². The first-order valence-corrected chi connectivity index (χ1v) is 24.6. The number of rotatable bonds is 9. The molecule has 2 aromatic heterocycles. The zero-order valence-corrected chi connectivity index (χ0v) is 37.7. The molecule has 1 aliphatic carbocycles. The van der Waals surface area contributed by atoms with E-state index in [2.05, 4.69) is 56.0 Å². The number of aromatic nitrogens is 2. The first-order valence-electron chi connectivity index (χ1n) is 23.1. The molecule has 0 unspecified atom stereocenters. The van der Waals surface area contributed by atoms with Crippen molar-refractivity contribution in [2.45, 2.75) is 81.0 Å². The minimum Gasteiger partial charge on any atom is -0.489 e. The topological polar surface area (TPSA) is 194 Å². The number of nitrogens with one attached hydrogen (secondary N) is 3. The zero-order chi connectivity index (χ0) is 45.2. The number of anilines is 4. The Labute approximate surface area is 382 Å². The van der Waals surface area contributed by atoms with E-state index in [0.717, 1.165) is 49.6 Å². The molecule has 3 atom stereocenters. The average molecular weight is 919 g/mol. The first kappa shape index (κ1) is 42.7. The molecule has 3 N–H and O–H groups in total. The van der Waals surface area contributed by atoms with Gasteiger partial charge in [0.2, 0.25) is 5.88 Å². The summed E-state index contributed by atoms with van der Waals surface area (Å²) < 4.78 is 53.9. The molecule has 6 aliphatic rings. The van der Waals surface area contributed by atoms with Crippen molar-refractivity contribution in [3.63, 3.8) is 0 Å². The summed E-state index contributed by atoms with van der Waals surface area (Å²) in [5.74, 6) is -0.520. The zero-order valence-electron chi connectivity index (χ0n) is 36.9. The lowest BCUT2D eigenvalue weighted by Crippen LogP contribution is -2.54. The molecular formula is C48H54N8O9S. The van der Waals surface area contributed by atoms with E-state index in [9.17, 15) is 23.3 Å². The Hall–Kier alpha value is -5.95. The lowest BCUT2D eigenvalue weighted by molar-refractivity contribution is -0.384. The van der Waals surface area contributed by atoms with Crippen LogP contribution in [0.25, 0.3) is 11.0 Å². The van der Waals surface area contributed by atoms with Gasteiger partial charge in [-0.1, -0.05) is 24.3 Å². The van der Waals surface area contributed by atoms with Crippen LogP contribution in [0.1, 0.15) is 72.5 Å². The largest absolute Gasteiger partial charge is 0.489 e. The highest BCUT2D eigenvalue weighted by Gasteiger charge is 2.50. The first-order chi connectivity index (χ1) is 32.0. The molecule has 0 radical (unpaired) electrons. The Morgan fingerprint density at radius 1 is 0.939 bits per heavy atom. The highest BCUT2D eigenvalue weighted by molar-refractivity contribution is 7.90.